The van der Waals surface area contributed by atoms with Crippen molar-refractivity contribution in [2.24, 2.45) is 0 Å². The quantitative estimate of drug-likeness (QED) is 0.799. The van der Waals surface area contributed by atoms with Crippen LogP contribution < -0.4 is 5.32 Å². The minimum atomic E-state index is -0.106. The molecular formula is C9H9N3OS. The van der Waals surface area contributed by atoms with E-state index in [0.29, 0.717) is 12.2 Å². The molecule has 72 valence electrons. The highest BCUT2D eigenvalue weighted by atomic mass is 32.1. The first-order chi connectivity index (χ1) is 6.86. The molecule has 2 rings (SSSR count). The fourth-order valence-corrected chi connectivity index (χ4v) is 1.62. The Morgan fingerprint density at radius 1 is 1.64 bits per heavy atom. The molecule has 4 nitrogen and oxygen atoms in total. The van der Waals surface area contributed by atoms with Gasteiger partial charge in [-0.3, -0.25) is 4.79 Å². The molecule has 0 saturated heterocycles. The Hall–Kier alpha value is -1.62. The summed E-state index contributed by atoms with van der Waals surface area (Å²) in [7, 11) is 0. The van der Waals surface area contributed by atoms with Crippen molar-refractivity contribution < 1.29 is 4.79 Å². The number of amides is 1. The molecule has 0 aliphatic heterocycles. The number of aromatic amines is 1. The maximum absolute atomic E-state index is 11.4. The summed E-state index contributed by atoms with van der Waals surface area (Å²) in [6.07, 6.45) is 3.44. The number of hydrogen-bond acceptors (Lipinski definition) is 3. The van der Waals surface area contributed by atoms with Crippen molar-refractivity contribution in [1.82, 2.24) is 15.3 Å². The summed E-state index contributed by atoms with van der Waals surface area (Å²) in [5.74, 6) is -0.106. The molecule has 2 heterocycles. The largest absolute Gasteiger partial charge is 0.357 e. The second-order valence-corrected chi connectivity index (χ2v) is 3.67. The zero-order chi connectivity index (χ0) is 9.80. The summed E-state index contributed by atoms with van der Waals surface area (Å²) in [5.41, 5.74) is 0.571. The van der Waals surface area contributed by atoms with Crippen molar-refractivity contribution >= 4 is 17.2 Å². The molecule has 2 aromatic heterocycles. The van der Waals surface area contributed by atoms with Crippen LogP contribution in [0, 0.1) is 0 Å². The van der Waals surface area contributed by atoms with Gasteiger partial charge in [0, 0.05) is 17.8 Å². The van der Waals surface area contributed by atoms with E-state index < -0.39 is 0 Å². The Kier molecular flexibility index (Phi) is 2.60. The molecule has 0 aromatic carbocycles. The van der Waals surface area contributed by atoms with Gasteiger partial charge in [0.1, 0.15) is 10.7 Å². The third-order valence-corrected chi connectivity index (χ3v) is 2.51. The lowest BCUT2D eigenvalue weighted by Gasteiger charge is -1.99. The molecule has 0 spiro atoms. The van der Waals surface area contributed by atoms with Gasteiger partial charge >= 0.3 is 0 Å². The van der Waals surface area contributed by atoms with E-state index in [2.05, 4.69) is 15.3 Å². The van der Waals surface area contributed by atoms with Crippen LogP contribution in [0.3, 0.4) is 0 Å². The van der Waals surface area contributed by atoms with E-state index in [1.54, 1.807) is 24.5 Å². The van der Waals surface area contributed by atoms with Crippen LogP contribution in [-0.4, -0.2) is 15.9 Å². The number of hydrogen-bond donors (Lipinski definition) is 2. The highest BCUT2D eigenvalue weighted by Gasteiger charge is 2.05. The molecule has 2 N–H and O–H groups in total. The fourth-order valence-electron chi connectivity index (χ4n) is 1.06. The zero-order valence-electron chi connectivity index (χ0n) is 7.36. The van der Waals surface area contributed by atoms with Crippen molar-refractivity contribution in [2.45, 2.75) is 6.54 Å². The number of thiazole rings is 1. The van der Waals surface area contributed by atoms with E-state index in [9.17, 15) is 4.79 Å². The van der Waals surface area contributed by atoms with Gasteiger partial charge in [-0.05, 0) is 12.1 Å². The predicted molar refractivity (Wildman–Crippen MR) is 54.1 cm³/mol. The van der Waals surface area contributed by atoms with Gasteiger partial charge in [-0.25, -0.2) is 4.98 Å². The molecule has 5 heteroatoms. The third-order valence-electron chi connectivity index (χ3n) is 1.73. The number of aromatic nitrogens is 2. The summed E-state index contributed by atoms with van der Waals surface area (Å²) in [5, 5.41) is 5.56. The first kappa shape index (κ1) is 8.96. The number of carbonyl (C=O) groups excluding carboxylic acids is 1. The third kappa shape index (κ3) is 2.00. The minimum absolute atomic E-state index is 0.106. The minimum Gasteiger partial charge on any atom is -0.357 e. The van der Waals surface area contributed by atoms with E-state index in [4.69, 9.17) is 0 Å². The summed E-state index contributed by atoms with van der Waals surface area (Å²) in [4.78, 5) is 18.3. The summed E-state index contributed by atoms with van der Waals surface area (Å²) in [6.45, 7) is 0.482. The van der Waals surface area contributed by atoms with E-state index >= 15 is 0 Å². The molecule has 0 saturated carbocycles. The van der Waals surface area contributed by atoms with Crippen molar-refractivity contribution in [1.29, 1.82) is 0 Å². The SMILES string of the molecule is O=C(NCc1nccs1)c1ccc[nH]1. The van der Waals surface area contributed by atoms with Gasteiger partial charge in [-0.2, -0.15) is 0 Å². The Morgan fingerprint density at radius 3 is 3.21 bits per heavy atom. The van der Waals surface area contributed by atoms with Crippen LogP contribution >= 0.6 is 11.3 Å². The first-order valence-electron chi connectivity index (χ1n) is 4.16. The number of rotatable bonds is 3. The highest BCUT2D eigenvalue weighted by molar-refractivity contribution is 7.09. The van der Waals surface area contributed by atoms with E-state index in [-0.39, 0.29) is 5.91 Å². The Bertz CT molecular complexity index is 394. The summed E-state index contributed by atoms with van der Waals surface area (Å²) in [6, 6.07) is 3.52. The maximum Gasteiger partial charge on any atom is 0.268 e. The van der Waals surface area contributed by atoms with Crippen LogP contribution in [0.1, 0.15) is 15.5 Å². The molecule has 0 aliphatic carbocycles. The monoisotopic (exact) mass is 207 g/mol. The molecule has 0 fully saturated rings. The van der Waals surface area contributed by atoms with Crippen LogP contribution in [0.15, 0.2) is 29.9 Å². The van der Waals surface area contributed by atoms with Crippen LogP contribution in [0.2, 0.25) is 0 Å². The van der Waals surface area contributed by atoms with E-state index in [1.807, 2.05) is 5.38 Å². The molecule has 0 unspecified atom stereocenters. The summed E-state index contributed by atoms with van der Waals surface area (Å²) < 4.78 is 0. The Labute approximate surface area is 85.0 Å². The fraction of sp³-hybridized carbons (Fsp3) is 0.111. The van der Waals surface area contributed by atoms with Gasteiger partial charge < -0.3 is 10.3 Å². The standard InChI is InChI=1S/C9H9N3OS/c13-9(7-2-1-3-10-7)12-6-8-11-4-5-14-8/h1-5,10H,6H2,(H,12,13). The highest BCUT2D eigenvalue weighted by Crippen LogP contribution is 2.03. The molecule has 2 aromatic rings. The normalized spacial score (nSPS) is 10.0. The molecule has 0 atom stereocenters. The average molecular weight is 207 g/mol. The summed E-state index contributed by atoms with van der Waals surface area (Å²) >= 11 is 1.53. The van der Waals surface area contributed by atoms with Gasteiger partial charge in [0.25, 0.3) is 5.91 Å². The number of H-pyrrole nitrogens is 1. The van der Waals surface area contributed by atoms with Crippen LogP contribution in [0.25, 0.3) is 0 Å². The Balaban J connectivity index is 1.90. The van der Waals surface area contributed by atoms with Crippen molar-refractivity contribution in [3.8, 4) is 0 Å². The molecule has 0 aliphatic rings. The molecular weight excluding hydrogens is 198 g/mol. The van der Waals surface area contributed by atoms with Crippen LogP contribution in [0.5, 0.6) is 0 Å². The van der Waals surface area contributed by atoms with Gasteiger partial charge in [-0.15, -0.1) is 11.3 Å². The van der Waals surface area contributed by atoms with Crippen molar-refractivity contribution in [3.63, 3.8) is 0 Å². The maximum atomic E-state index is 11.4. The zero-order valence-corrected chi connectivity index (χ0v) is 8.17. The molecule has 14 heavy (non-hydrogen) atoms. The topological polar surface area (TPSA) is 57.8 Å². The van der Waals surface area contributed by atoms with E-state index in [1.165, 1.54) is 11.3 Å². The van der Waals surface area contributed by atoms with Crippen LogP contribution in [-0.2, 0) is 6.54 Å². The lowest BCUT2D eigenvalue weighted by Crippen LogP contribution is -2.22. The smallest absolute Gasteiger partial charge is 0.268 e. The number of nitrogens with zero attached hydrogens (tertiary/aromatic N) is 1. The number of carbonyl (C=O) groups is 1. The van der Waals surface area contributed by atoms with Gasteiger partial charge in [0.05, 0.1) is 6.54 Å². The van der Waals surface area contributed by atoms with Crippen molar-refractivity contribution in [3.05, 3.63) is 40.6 Å². The van der Waals surface area contributed by atoms with Crippen molar-refractivity contribution in [2.75, 3.05) is 0 Å². The average Bonchev–Trinajstić information content (AvgIpc) is 2.87. The van der Waals surface area contributed by atoms with Gasteiger partial charge in [0.2, 0.25) is 0 Å². The lowest BCUT2D eigenvalue weighted by atomic mass is 10.4. The molecule has 0 radical (unpaired) electrons. The van der Waals surface area contributed by atoms with Gasteiger partial charge in [-0.1, -0.05) is 0 Å². The molecule has 1 amide bonds. The Morgan fingerprint density at radius 2 is 2.57 bits per heavy atom. The van der Waals surface area contributed by atoms with Crippen LogP contribution in [0.4, 0.5) is 0 Å². The lowest BCUT2D eigenvalue weighted by molar-refractivity contribution is 0.0946. The first-order valence-corrected chi connectivity index (χ1v) is 5.04. The molecule has 0 bridgehead atoms. The second kappa shape index (κ2) is 4.06. The second-order valence-electron chi connectivity index (χ2n) is 2.69. The van der Waals surface area contributed by atoms with Gasteiger partial charge in [0.15, 0.2) is 0 Å². The van der Waals surface area contributed by atoms with E-state index in [0.717, 1.165) is 5.01 Å². The predicted octanol–water partition coefficient (Wildman–Crippen LogP) is 1.40. The number of nitrogens with one attached hydrogen (secondary N) is 2.